The molecule has 2 aliphatic heterocycles. The Morgan fingerprint density at radius 1 is 1.35 bits per heavy atom. The van der Waals surface area contributed by atoms with Gasteiger partial charge in [-0.25, -0.2) is 0 Å². The molecule has 0 aliphatic carbocycles. The third-order valence-electron chi connectivity index (χ3n) is 4.23. The van der Waals surface area contributed by atoms with E-state index in [0.717, 1.165) is 18.6 Å². The van der Waals surface area contributed by atoms with Crippen molar-refractivity contribution in [3.05, 3.63) is 0 Å². The third-order valence-corrected chi connectivity index (χ3v) is 4.23. The first-order chi connectivity index (χ1) is 8.29. The second-order valence-electron chi connectivity index (χ2n) is 5.93. The smallest absolute Gasteiger partial charge is 0.0500 e. The average molecular weight is 240 g/mol. The molecule has 2 saturated heterocycles. The Hall–Kier alpha value is -0.120. The number of nitrogens with one attached hydrogen (secondary N) is 1. The Bertz CT molecular complexity index is 216. The zero-order chi connectivity index (χ0) is 12.1. The van der Waals surface area contributed by atoms with Crippen LogP contribution in [0.4, 0.5) is 0 Å². The van der Waals surface area contributed by atoms with Gasteiger partial charge in [0, 0.05) is 32.8 Å². The van der Waals surface area contributed by atoms with Crippen LogP contribution in [0.5, 0.6) is 0 Å². The molecule has 0 spiro atoms. The first-order valence-electron chi connectivity index (χ1n) is 7.24. The van der Waals surface area contributed by atoms with Crippen LogP contribution in [0.3, 0.4) is 0 Å². The van der Waals surface area contributed by atoms with E-state index >= 15 is 0 Å². The predicted octanol–water partition coefficient (Wildman–Crippen LogP) is 1.73. The van der Waals surface area contributed by atoms with Gasteiger partial charge in [-0.1, -0.05) is 6.92 Å². The predicted molar refractivity (Wildman–Crippen MR) is 71.2 cm³/mol. The minimum atomic E-state index is 0.662. The quantitative estimate of drug-likeness (QED) is 0.792. The van der Waals surface area contributed by atoms with E-state index in [0.29, 0.717) is 5.92 Å². The SMILES string of the molecule is COCC(C)CN1CCCC(C2CCCN2)C1. The van der Waals surface area contributed by atoms with Gasteiger partial charge in [-0.2, -0.15) is 0 Å². The van der Waals surface area contributed by atoms with Crippen molar-refractivity contribution >= 4 is 0 Å². The van der Waals surface area contributed by atoms with Crippen molar-refractivity contribution in [3.8, 4) is 0 Å². The minimum Gasteiger partial charge on any atom is -0.384 e. The number of rotatable bonds is 5. The molecule has 0 aromatic carbocycles. The van der Waals surface area contributed by atoms with Crippen LogP contribution in [0.2, 0.25) is 0 Å². The van der Waals surface area contributed by atoms with Gasteiger partial charge in [-0.05, 0) is 50.6 Å². The Labute approximate surface area is 106 Å². The van der Waals surface area contributed by atoms with E-state index in [4.69, 9.17) is 4.74 Å². The van der Waals surface area contributed by atoms with Gasteiger partial charge in [0.15, 0.2) is 0 Å². The highest BCUT2D eigenvalue weighted by Crippen LogP contribution is 2.25. The largest absolute Gasteiger partial charge is 0.384 e. The van der Waals surface area contributed by atoms with Gasteiger partial charge < -0.3 is 15.0 Å². The number of ether oxygens (including phenoxy) is 1. The van der Waals surface area contributed by atoms with Crippen molar-refractivity contribution in [2.75, 3.05) is 39.9 Å². The monoisotopic (exact) mass is 240 g/mol. The number of methoxy groups -OCH3 is 1. The summed E-state index contributed by atoms with van der Waals surface area (Å²) < 4.78 is 5.23. The lowest BCUT2D eigenvalue weighted by atomic mass is 9.89. The van der Waals surface area contributed by atoms with Crippen LogP contribution < -0.4 is 5.32 Å². The number of nitrogens with zero attached hydrogens (tertiary/aromatic N) is 1. The van der Waals surface area contributed by atoms with Crippen LogP contribution in [-0.4, -0.2) is 50.8 Å². The summed E-state index contributed by atoms with van der Waals surface area (Å²) in [6, 6.07) is 0.801. The van der Waals surface area contributed by atoms with E-state index in [9.17, 15) is 0 Å². The topological polar surface area (TPSA) is 24.5 Å². The Balaban J connectivity index is 1.75. The lowest BCUT2D eigenvalue weighted by Gasteiger charge is -2.37. The molecule has 2 aliphatic rings. The summed E-state index contributed by atoms with van der Waals surface area (Å²) >= 11 is 0. The molecule has 3 unspecified atom stereocenters. The third kappa shape index (κ3) is 3.94. The highest BCUT2D eigenvalue weighted by Gasteiger charge is 2.29. The molecule has 3 nitrogen and oxygen atoms in total. The summed E-state index contributed by atoms with van der Waals surface area (Å²) in [6.45, 7) is 8.21. The molecule has 0 bridgehead atoms. The molecule has 3 heteroatoms. The summed E-state index contributed by atoms with van der Waals surface area (Å²) in [7, 11) is 1.80. The number of hydrogen-bond acceptors (Lipinski definition) is 3. The van der Waals surface area contributed by atoms with Gasteiger partial charge in [0.05, 0.1) is 0 Å². The first kappa shape index (κ1) is 13.3. The van der Waals surface area contributed by atoms with Crippen LogP contribution in [0.1, 0.15) is 32.6 Å². The van der Waals surface area contributed by atoms with Crippen molar-refractivity contribution in [1.29, 1.82) is 0 Å². The van der Waals surface area contributed by atoms with Crippen LogP contribution in [-0.2, 0) is 4.74 Å². The van der Waals surface area contributed by atoms with Gasteiger partial charge in [-0.15, -0.1) is 0 Å². The molecule has 1 N–H and O–H groups in total. The second kappa shape index (κ2) is 6.72. The van der Waals surface area contributed by atoms with E-state index < -0.39 is 0 Å². The zero-order valence-corrected chi connectivity index (χ0v) is 11.5. The highest BCUT2D eigenvalue weighted by molar-refractivity contribution is 4.86. The van der Waals surface area contributed by atoms with E-state index in [1.165, 1.54) is 51.9 Å². The van der Waals surface area contributed by atoms with E-state index in [1.807, 2.05) is 0 Å². The highest BCUT2D eigenvalue weighted by atomic mass is 16.5. The maximum atomic E-state index is 5.23. The normalized spacial score (nSPS) is 32.8. The standard InChI is InChI=1S/C14H28N2O/c1-12(11-17-2)9-16-8-4-5-13(10-16)14-6-3-7-15-14/h12-15H,3-11H2,1-2H3. The van der Waals surface area contributed by atoms with E-state index in [2.05, 4.69) is 17.1 Å². The van der Waals surface area contributed by atoms with Crippen LogP contribution in [0.25, 0.3) is 0 Å². The Kier molecular flexibility index (Phi) is 5.26. The molecule has 100 valence electrons. The molecule has 0 saturated carbocycles. The number of piperidine rings is 1. The van der Waals surface area contributed by atoms with Crippen LogP contribution in [0.15, 0.2) is 0 Å². The minimum absolute atomic E-state index is 0.662. The van der Waals surface area contributed by atoms with E-state index in [-0.39, 0.29) is 0 Å². The molecule has 2 heterocycles. The Morgan fingerprint density at radius 2 is 2.24 bits per heavy atom. The van der Waals surface area contributed by atoms with Crippen molar-refractivity contribution < 1.29 is 4.74 Å². The van der Waals surface area contributed by atoms with Crippen molar-refractivity contribution in [2.45, 2.75) is 38.6 Å². The molecular weight excluding hydrogens is 212 g/mol. The summed E-state index contributed by atoms with van der Waals surface area (Å²) in [4.78, 5) is 2.65. The zero-order valence-electron chi connectivity index (χ0n) is 11.5. The average Bonchev–Trinajstić information content (AvgIpc) is 2.83. The summed E-state index contributed by atoms with van der Waals surface area (Å²) in [5.74, 6) is 1.55. The molecule has 2 fully saturated rings. The van der Waals surface area contributed by atoms with Crippen LogP contribution in [0, 0.1) is 11.8 Å². The molecule has 3 atom stereocenters. The molecule has 2 rings (SSSR count). The number of likely N-dealkylation sites (tertiary alicyclic amines) is 1. The van der Waals surface area contributed by atoms with Gasteiger partial charge in [0.25, 0.3) is 0 Å². The van der Waals surface area contributed by atoms with Crippen molar-refractivity contribution in [3.63, 3.8) is 0 Å². The molecule has 0 aromatic rings. The molecule has 0 amide bonds. The summed E-state index contributed by atoms with van der Waals surface area (Å²) in [5.41, 5.74) is 0. The Morgan fingerprint density at radius 3 is 2.94 bits per heavy atom. The molecule has 0 radical (unpaired) electrons. The van der Waals surface area contributed by atoms with Crippen molar-refractivity contribution in [1.82, 2.24) is 10.2 Å². The fourth-order valence-corrected chi connectivity index (χ4v) is 3.48. The van der Waals surface area contributed by atoms with Gasteiger partial charge >= 0.3 is 0 Å². The molecule has 17 heavy (non-hydrogen) atoms. The summed E-state index contributed by atoms with van der Waals surface area (Å²) in [5, 5.41) is 3.67. The number of hydrogen-bond donors (Lipinski definition) is 1. The molecular formula is C14H28N2O. The van der Waals surface area contributed by atoms with E-state index in [1.54, 1.807) is 7.11 Å². The van der Waals surface area contributed by atoms with Crippen LogP contribution >= 0.6 is 0 Å². The maximum absolute atomic E-state index is 5.23. The van der Waals surface area contributed by atoms with Gasteiger partial charge in [0.1, 0.15) is 0 Å². The first-order valence-corrected chi connectivity index (χ1v) is 7.24. The molecule has 0 aromatic heterocycles. The fraction of sp³-hybridized carbons (Fsp3) is 1.00. The second-order valence-corrected chi connectivity index (χ2v) is 5.93. The van der Waals surface area contributed by atoms with Gasteiger partial charge in [-0.3, -0.25) is 0 Å². The lowest BCUT2D eigenvalue weighted by Crippen LogP contribution is -2.45. The van der Waals surface area contributed by atoms with Gasteiger partial charge in [0.2, 0.25) is 0 Å². The fourth-order valence-electron chi connectivity index (χ4n) is 3.48. The maximum Gasteiger partial charge on any atom is 0.0500 e. The van der Waals surface area contributed by atoms with Crippen molar-refractivity contribution in [2.24, 2.45) is 11.8 Å². The summed E-state index contributed by atoms with van der Waals surface area (Å²) in [6.07, 6.45) is 5.57. The lowest BCUT2D eigenvalue weighted by molar-refractivity contribution is 0.0976.